The van der Waals surface area contributed by atoms with Crippen molar-refractivity contribution in [3.63, 3.8) is 0 Å². The van der Waals surface area contributed by atoms with E-state index in [1.165, 1.54) is 0 Å². The Kier molecular flexibility index (Phi) is 3.03. The number of rotatable bonds is 2. The molecule has 0 bridgehead atoms. The Morgan fingerprint density at radius 2 is 2.29 bits per heavy atom. The summed E-state index contributed by atoms with van der Waals surface area (Å²) in [5, 5.41) is 9.49. The second-order valence-electron chi connectivity index (χ2n) is 4.38. The van der Waals surface area contributed by atoms with Gasteiger partial charge in [0.2, 0.25) is 11.7 Å². The fraction of sp³-hybridized carbons (Fsp3) is 0.600. The molecule has 1 fully saturated rings. The molecule has 7 heteroatoms. The number of halogens is 1. The molecule has 0 aromatic carbocycles. The summed E-state index contributed by atoms with van der Waals surface area (Å²) in [4.78, 5) is 24.3. The second-order valence-corrected chi connectivity index (χ2v) is 6.07. The van der Waals surface area contributed by atoms with Gasteiger partial charge >= 0.3 is 5.69 Å². The highest BCUT2D eigenvalue weighted by Gasteiger charge is 2.31. The van der Waals surface area contributed by atoms with Crippen LogP contribution in [0.5, 0.6) is 5.88 Å². The van der Waals surface area contributed by atoms with Crippen LogP contribution in [0.3, 0.4) is 0 Å². The molecule has 0 aliphatic carbocycles. The maximum atomic E-state index is 13.2. The van der Waals surface area contributed by atoms with Crippen LogP contribution in [0.1, 0.15) is 19.8 Å². The molecule has 0 amide bonds. The number of aromatic hydroxyl groups is 1. The van der Waals surface area contributed by atoms with E-state index in [9.17, 15) is 19.1 Å². The molecule has 1 aliphatic heterocycles. The molecule has 1 saturated heterocycles. The average molecular weight is 260 g/mol. The first-order valence-electron chi connectivity index (χ1n) is 5.28. The van der Waals surface area contributed by atoms with E-state index in [2.05, 4.69) is 0 Å². The van der Waals surface area contributed by atoms with Crippen molar-refractivity contribution in [1.29, 1.82) is 0 Å². The second kappa shape index (κ2) is 4.21. The lowest BCUT2D eigenvalue weighted by molar-refractivity contribution is 0.344. The maximum absolute atomic E-state index is 13.2. The third kappa shape index (κ3) is 2.24. The number of thioether (sulfide) groups is 1. The van der Waals surface area contributed by atoms with E-state index in [1.54, 1.807) is 11.8 Å². The zero-order chi connectivity index (χ0) is 12.6. The molecule has 17 heavy (non-hydrogen) atoms. The molecule has 0 radical (unpaired) electrons. The molecule has 2 heterocycles. The third-order valence-electron chi connectivity index (χ3n) is 2.91. The van der Waals surface area contributed by atoms with E-state index in [0.29, 0.717) is 0 Å². The minimum absolute atomic E-state index is 0.191. The summed E-state index contributed by atoms with van der Waals surface area (Å²) in [7, 11) is 0. The van der Waals surface area contributed by atoms with Crippen molar-refractivity contribution < 1.29 is 9.50 Å². The lowest BCUT2D eigenvalue weighted by Crippen LogP contribution is -2.37. The lowest BCUT2D eigenvalue weighted by Gasteiger charge is -2.23. The summed E-state index contributed by atoms with van der Waals surface area (Å²) in [6.45, 7) is 2.15. The number of aromatic nitrogens is 2. The van der Waals surface area contributed by atoms with E-state index in [-0.39, 0.29) is 11.3 Å². The number of H-pyrrole nitrogens is 1. The summed E-state index contributed by atoms with van der Waals surface area (Å²) in [6.07, 6.45) is 1.92. The molecule has 1 aliphatic rings. The van der Waals surface area contributed by atoms with Crippen molar-refractivity contribution >= 4 is 11.8 Å². The van der Waals surface area contributed by atoms with Gasteiger partial charge in [-0.05, 0) is 25.5 Å². The van der Waals surface area contributed by atoms with Crippen molar-refractivity contribution in [2.24, 2.45) is 0 Å². The zero-order valence-electron chi connectivity index (χ0n) is 9.33. The molecule has 0 spiro atoms. The molecule has 2 rings (SSSR count). The average Bonchev–Trinajstić information content (AvgIpc) is 2.69. The van der Waals surface area contributed by atoms with Crippen LogP contribution in [0.4, 0.5) is 4.39 Å². The van der Waals surface area contributed by atoms with E-state index < -0.39 is 22.9 Å². The Labute approximate surface area is 101 Å². The summed E-state index contributed by atoms with van der Waals surface area (Å²) in [6, 6.07) is 0. The van der Waals surface area contributed by atoms with Gasteiger partial charge in [-0.2, -0.15) is 16.2 Å². The van der Waals surface area contributed by atoms with Crippen molar-refractivity contribution in [3.8, 4) is 5.88 Å². The lowest BCUT2D eigenvalue weighted by atomic mass is 10.1. The molecule has 1 unspecified atom stereocenters. The molecule has 94 valence electrons. The highest BCUT2D eigenvalue weighted by molar-refractivity contribution is 8.00. The van der Waals surface area contributed by atoms with Crippen LogP contribution in [0.25, 0.3) is 0 Å². The third-order valence-corrected chi connectivity index (χ3v) is 4.43. The van der Waals surface area contributed by atoms with Crippen LogP contribution in [0.2, 0.25) is 0 Å². The number of aromatic amines is 1. The van der Waals surface area contributed by atoms with Crippen LogP contribution in [-0.4, -0.2) is 25.2 Å². The Balaban J connectivity index is 2.43. The van der Waals surface area contributed by atoms with Crippen molar-refractivity contribution in [2.45, 2.75) is 31.1 Å². The topological polar surface area (TPSA) is 75.1 Å². The van der Waals surface area contributed by atoms with Gasteiger partial charge in [-0.1, -0.05) is 0 Å². The SMILES string of the molecule is CC1(Cn2c(O)c(F)c(=O)[nH]c2=O)CCCS1. The Morgan fingerprint density at radius 3 is 2.88 bits per heavy atom. The first-order valence-corrected chi connectivity index (χ1v) is 6.27. The maximum Gasteiger partial charge on any atom is 0.331 e. The smallest absolute Gasteiger partial charge is 0.331 e. The molecule has 0 saturated carbocycles. The van der Waals surface area contributed by atoms with E-state index >= 15 is 0 Å². The van der Waals surface area contributed by atoms with Crippen molar-refractivity contribution in [2.75, 3.05) is 5.75 Å². The number of nitrogens with zero attached hydrogens (tertiary/aromatic N) is 1. The van der Waals surface area contributed by atoms with Crippen LogP contribution in [0, 0.1) is 5.82 Å². The number of nitrogens with one attached hydrogen (secondary N) is 1. The fourth-order valence-electron chi connectivity index (χ4n) is 1.98. The Hall–Kier alpha value is -1.24. The molecular weight excluding hydrogens is 247 g/mol. The zero-order valence-corrected chi connectivity index (χ0v) is 10.1. The summed E-state index contributed by atoms with van der Waals surface area (Å²) < 4.78 is 13.9. The van der Waals surface area contributed by atoms with E-state index in [1.807, 2.05) is 11.9 Å². The standard InChI is InChI=1S/C10H13FN2O3S/c1-10(3-2-4-17-10)5-13-8(15)6(11)7(14)12-9(13)16/h15H,2-5H2,1H3,(H,12,14,16). The van der Waals surface area contributed by atoms with Gasteiger partial charge in [0.05, 0.1) is 0 Å². The minimum atomic E-state index is -1.31. The number of hydrogen-bond donors (Lipinski definition) is 2. The first kappa shape index (κ1) is 12.2. The molecule has 1 atom stereocenters. The molecular formula is C10H13FN2O3S. The molecule has 1 aromatic heterocycles. The summed E-state index contributed by atoms with van der Waals surface area (Å²) in [5.74, 6) is -1.21. The molecule has 5 nitrogen and oxygen atoms in total. The Bertz CT molecular complexity index is 545. The largest absolute Gasteiger partial charge is 0.492 e. The molecule has 1 aromatic rings. The molecule has 2 N–H and O–H groups in total. The van der Waals surface area contributed by atoms with E-state index in [0.717, 1.165) is 23.2 Å². The highest BCUT2D eigenvalue weighted by atomic mass is 32.2. The van der Waals surface area contributed by atoms with Crippen LogP contribution in [-0.2, 0) is 6.54 Å². The quantitative estimate of drug-likeness (QED) is 0.819. The first-order chi connectivity index (χ1) is 7.93. The van der Waals surface area contributed by atoms with Crippen LogP contribution >= 0.6 is 11.8 Å². The van der Waals surface area contributed by atoms with Crippen LogP contribution < -0.4 is 11.2 Å². The van der Waals surface area contributed by atoms with Gasteiger partial charge in [-0.15, -0.1) is 0 Å². The Morgan fingerprint density at radius 1 is 1.59 bits per heavy atom. The summed E-state index contributed by atoms with van der Waals surface area (Å²) >= 11 is 1.68. The van der Waals surface area contributed by atoms with Gasteiger partial charge in [-0.3, -0.25) is 14.3 Å². The predicted molar refractivity (Wildman–Crippen MR) is 63.0 cm³/mol. The van der Waals surface area contributed by atoms with Crippen LogP contribution in [0.15, 0.2) is 9.59 Å². The highest BCUT2D eigenvalue weighted by Crippen LogP contribution is 2.39. The van der Waals surface area contributed by atoms with Crippen molar-refractivity contribution in [1.82, 2.24) is 9.55 Å². The van der Waals surface area contributed by atoms with Gasteiger partial charge in [0.25, 0.3) is 5.56 Å². The van der Waals surface area contributed by atoms with Gasteiger partial charge in [0.1, 0.15) is 0 Å². The predicted octanol–water partition coefficient (Wildman–Crippen LogP) is 0.667. The van der Waals surface area contributed by atoms with Gasteiger partial charge in [-0.25, -0.2) is 4.79 Å². The van der Waals surface area contributed by atoms with Gasteiger partial charge in [0, 0.05) is 11.3 Å². The number of hydrogen-bond acceptors (Lipinski definition) is 4. The minimum Gasteiger partial charge on any atom is -0.492 e. The van der Waals surface area contributed by atoms with Gasteiger partial charge < -0.3 is 5.11 Å². The monoisotopic (exact) mass is 260 g/mol. The normalized spacial score (nSPS) is 24.1. The summed E-state index contributed by atoms with van der Waals surface area (Å²) in [5.41, 5.74) is -1.96. The fourth-order valence-corrected chi connectivity index (χ4v) is 3.27. The van der Waals surface area contributed by atoms with E-state index in [4.69, 9.17) is 0 Å². The van der Waals surface area contributed by atoms with Gasteiger partial charge in [0.15, 0.2) is 0 Å². The van der Waals surface area contributed by atoms with Crippen molar-refractivity contribution in [3.05, 3.63) is 26.7 Å².